The van der Waals surface area contributed by atoms with Crippen molar-refractivity contribution in [2.45, 2.75) is 64.4 Å². The number of rotatable bonds is 9. The molecule has 36 heavy (non-hydrogen) atoms. The van der Waals surface area contributed by atoms with E-state index in [4.69, 9.17) is 9.47 Å². The minimum absolute atomic E-state index is 0.0191. The Labute approximate surface area is 210 Å². The van der Waals surface area contributed by atoms with Crippen molar-refractivity contribution in [1.82, 2.24) is 0 Å². The predicted molar refractivity (Wildman–Crippen MR) is 133 cm³/mol. The predicted octanol–water partition coefficient (Wildman–Crippen LogP) is 8.16. The van der Waals surface area contributed by atoms with Crippen LogP contribution < -0.4 is 4.74 Å². The third kappa shape index (κ3) is 5.75. The van der Waals surface area contributed by atoms with Crippen LogP contribution in [0.5, 0.6) is 5.75 Å². The molecule has 0 spiro atoms. The van der Waals surface area contributed by atoms with Crippen LogP contribution in [0.25, 0.3) is 11.1 Å². The fourth-order valence-electron chi connectivity index (χ4n) is 5.04. The van der Waals surface area contributed by atoms with E-state index in [1.54, 1.807) is 43.3 Å². The fraction of sp³-hybridized carbons (Fsp3) is 0.400. The summed E-state index contributed by atoms with van der Waals surface area (Å²) in [6.07, 6.45) is 4.38. The van der Waals surface area contributed by atoms with Crippen molar-refractivity contribution in [3.8, 4) is 16.9 Å². The average molecular weight is 501 g/mol. The first-order valence-electron chi connectivity index (χ1n) is 12.7. The highest BCUT2D eigenvalue weighted by molar-refractivity contribution is 5.65. The average Bonchev–Trinajstić information content (AvgIpc) is 2.89. The zero-order chi connectivity index (χ0) is 25.7. The molecule has 0 atom stereocenters. The Kier molecular flexibility index (Phi) is 8.68. The summed E-state index contributed by atoms with van der Waals surface area (Å²) in [5.74, 6) is -3.59. The smallest absolute Gasteiger partial charge is 0.201 e. The third-order valence-electron chi connectivity index (χ3n) is 7.00. The summed E-state index contributed by atoms with van der Waals surface area (Å²) in [5, 5.41) is 0. The van der Waals surface area contributed by atoms with Crippen molar-refractivity contribution < 1.29 is 27.0 Å². The second-order valence-electron chi connectivity index (χ2n) is 9.24. The Morgan fingerprint density at radius 1 is 0.694 bits per heavy atom. The van der Waals surface area contributed by atoms with Crippen LogP contribution in [-0.2, 0) is 17.6 Å². The molecule has 192 valence electrons. The van der Waals surface area contributed by atoms with E-state index in [0.717, 1.165) is 31.2 Å². The molecule has 0 saturated heterocycles. The number of ether oxygens (including phenoxy) is 2. The number of benzene rings is 3. The van der Waals surface area contributed by atoms with Crippen LogP contribution in [0.4, 0.5) is 17.6 Å². The molecule has 0 aromatic heterocycles. The van der Waals surface area contributed by atoms with E-state index in [2.05, 4.69) is 0 Å². The second kappa shape index (κ2) is 11.9. The fourth-order valence-corrected chi connectivity index (χ4v) is 5.04. The first-order chi connectivity index (χ1) is 17.4. The lowest BCUT2D eigenvalue weighted by atomic mass is 9.82. The van der Waals surface area contributed by atoms with Gasteiger partial charge in [-0.05, 0) is 92.7 Å². The zero-order valence-corrected chi connectivity index (χ0v) is 20.8. The first kappa shape index (κ1) is 26.2. The van der Waals surface area contributed by atoms with Gasteiger partial charge >= 0.3 is 0 Å². The largest absolute Gasteiger partial charge is 0.491 e. The molecule has 0 amide bonds. The van der Waals surface area contributed by atoms with Gasteiger partial charge in [-0.25, -0.2) is 13.2 Å². The second-order valence-corrected chi connectivity index (χ2v) is 9.24. The maximum Gasteiger partial charge on any atom is 0.201 e. The van der Waals surface area contributed by atoms with Gasteiger partial charge in [0.15, 0.2) is 23.2 Å². The van der Waals surface area contributed by atoms with Crippen LogP contribution in [0.1, 0.15) is 62.1 Å². The summed E-state index contributed by atoms with van der Waals surface area (Å²) in [7, 11) is 0. The van der Waals surface area contributed by atoms with Gasteiger partial charge in [-0.1, -0.05) is 36.4 Å². The molecule has 0 heterocycles. The van der Waals surface area contributed by atoms with E-state index in [1.165, 1.54) is 12.1 Å². The van der Waals surface area contributed by atoms with Crippen molar-refractivity contribution in [3.05, 3.63) is 88.5 Å². The normalized spacial score (nSPS) is 17.8. The van der Waals surface area contributed by atoms with Crippen LogP contribution in [0.3, 0.4) is 0 Å². The Morgan fingerprint density at radius 2 is 1.42 bits per heavy atom. The van der Waals surface area contributed by atoms with Crippen LogP contribution in [0, 0.1) is 23.3 Å². The molecule has 1 aliphatic carbocycles. The van der Waals surface area contributed by atoms with Crippen LogP contribution in [0.2, 0.25) is 0 Å². The SMILES string of the molecule is CCOc1ccc(-c2ccc(CCc3ccc(C4CCC(OCC)CC4)c(F)c3F)cc2)c(F)c1F. The highest BCUT2D eigenvalue weighted by atomic mass is 19.2. The summed E-state index contributed by atoms with van der Waals surface area (Å²) in [5.41, 5.74) is 2.35. The van der Waals surface area contributed by atoms with Crippen molar-refractivity contribution >= 4 is 0 Å². The molecule has 3 aromatic carbocycles. The van der Waals surface area contributed by atoms with E-state index in [1.807, 2.05) is 6.92 Å². The number of hydrogen-bond acceptors (Lipinski definition) is 2. The van der Waals surface area contributed by atoms with Crippen molar-refractivity contribution in [2.24, 2.45) is 0 Å². The zero-order valence-electron chi connectivity index (χ0n) is 20.8. The Morgan fingerprint density at radius 3 is 2.08 bits per heavy atom. The van der Waals surface area contributed by atoms with E-state index in [9.17, 15) is 17.6 Å². The lowest BCUT2D eigenvalue weighted by molar-refractivity contribution is 0.0325. The Bertz CT molecular complexity index is 1170. The highest BCUT2D eigenvalue weighted by Gasteiger charge is 2.26. The van der Waals surface area contributed by atoms with Crippen molar-refractivity contribution in [2.75, 3.05) is 13.2 Å². The maximum absolute atomic E-state index is 14.9. The minimum Gasteiger partial charge on any atom is -0.491 e. The van der Waals surface area contributed by atoms with Gasteiger partial charge in [0, 0.05) is 12.2 Å². The van der Waals surface area contributed by atoms with Crippen molar-refractivity contribution in [3.63, 3.8) is 0 Å². The Hall–Kier alpha value is -2.86. The van der Waals surface area contributed by atoms with Gasteiger partial charge in [0.05, 0.1) is 12.7 Å². The van der Waals surface area contributed by atoms with E-state index in [-0.39, 0.29) is 29.9 Å². The van der Waals surface area contributed by atoms with Crippen molar-refractivity contribution in [1.29, 1.82) is 0 Å². The van der Waals surface area contributed by atoms with Gasteiger partial charge in [-0.2, -0.15) is 4.39 Å². The lowest BCUT2D eigenvalue weighted by Crippen LogP contribution is -2.21. The topological polar surface area (TPSA) is 18.5 Å². The third-order valence-corrected chi connectivity index (χ3v) is 7.00. The van der Waals surface area contributed by atoms with Gasteiger partial charge in [0.2, 0.25) is 5.82 Å². The molecule has 1 aliphatic rings. The molecule has 4 rings (SSSR count). The molecule has 0 radical (unpaired) electrons. The summed E-state index contributed by atoms with van der Waals surface area (Å²) in [6.45, 7) is 4.59. The molecule has 6 heteroatoms. The van der Waals surface area contributed by atoms with E-state index >= 15 is 0 Å². The van der Waals surface area contributed by atoms with E-state index < -0.39 is 23.3 Å². The van der Waals surface area contributed by atoms with Gasteiger partial charge in [-0.3, -0.25) is 0 Å². The summed E-state index contributed by atoms with van der Waals surface area (Å²) in [6, 6.07) is 13.3. The molecule has 1 fully saturated rings. The van der Waals surface area contributed by atoms with Crippen LogP contribution in [-0.4, -0.2) is 19.3 Å². The summed E-state index contributed by atoms with van der Waals surface area (Å²) in [4.78, 5) is 0. The number of aryl methyl sites for hydroxylation is 2. The molecular formula is C30H32F4O2. The monoisotopic (exact) mass is 500 g/mol. The summed E-state index contributed by atoms with van der Waals surface area (Å²) < 4.78 is 69.3. The van der Waals surface area contributed by atoms with Crippen LogP contribution >= 0.6 is 0 Å². The standard InChI is InChI=1S/C30H32F4O2/c1-3-35-23-14-11-21(12-15-23)24-16-13-22(27(31)28(24)32)10-7-19-5-8-20(9-6-19)25-17-18-26(36-4-2)30(34)29(25)33/h5-6,8-9,13,16-18,21,23H,3-4,7,10-12,14-15H2,1-2H3. The molecule has 3 aromatic rings. The molecule has 2 nitrogen and oxygen atoms in total. The van der Waals surface area contributed by atoms with Gasteiger partial charge in [0.25, 0.3) is 0 Å². The maximum atomic E-state index is 14.9. The van der Waals surface area contributed by atoms with Gasteiger partial charge < -0.3 is 9.47 Å². The molecule has 0 aliphatic heterocycles. The van der Waals surface area contributed by atoms with Gasteiger partial charge in [0.1, 0.15) is 0 Å². The molecule has 0 unspecified atom stereocenters. The molecule has 0 bridgehead atoms. The molecule has 0 N–H and O–H groups in total. The summed E-state index contributed by atoms with van der Waals surface area (Å²) >= 11 is 0. The van der Waals surface area contributed by atoms with E-state index in [0.29, 0.717) is 36.1 Å². The lowest BCUT2D eigenvalue weighted by Gasteiger charge is -2.29. The van der Waals surface area contributed by atoms with Crippen LogP contribution in [0.15, 0.2) is 48.5 Å². The number of halogens is 4. The Balaban J connectivity index is 1.40. The molecular weight excluding hydrogens is 468 g/mol. The highest BCUT2D eigenvalue weighted by Crippen LogP contribution is 2.36. The first-order valence-corrected chi connectivity index (χ1v) is 12.7. The molecule has 1 saturated carbocycles. The number of hydrogen-bond donors (Lipinski definition) is 0. The quantitative estimate of drug-likeness (QED) is 0.276. The minimum atomic E-state index is -1.01. The van der Waals surface area contributed by atoms with Gasteiger partial charge in [-0.15, -0.1) is 0 Å².